The first kappa shape index (κ1) is 16.2. The van der Waals surface area contributed by atoms with Gasteiger partial charge in [-0.15, -0.1) is 0 Å². The molecule has 1 aliphatic rings. The van der Waals surface area contributed by atoms with Crippen LogP contribution in [0.25, 0.3) is 5.70 Å². The molecule has 0 amide bonds. The maximum atomic E-state index is 13.3. The number of halogens is 3. The third-order valence-electron chi connectivity index (χ3n) is 4.01. The van der Waals surface area contributed by atoms with Crippen LogP contribution in [0.15, 0.2) is 60.9 Å². The summed E-state index contributed by atoms with van der Waals surface area (Å²) in [5, 5.41) is 7.26. The second-order valence-corrected chi connectivity index (χ2v) is 5.60. The number of aromatic nitrogens is 3. The molecule has 4 rings (SSSR count). The van der Waals surface area contributed by atoms with Crippen molar-refractivity contribution in [1.29, 1.82) is 0 Å². The van der Waals surface area contributed by atoms with Gasteiger partial charge in [-0.2, -0.15) is 18.9 Å². The average Bonchev–Trinajstić information content (AvgIpc) is 3.10. The van der Waals surface area contributed by atoms with Crippen molar-refractivity contribution in [3.8, 4) is 5.75 Å². The number of para-hydroxylation sites is 1. The highest BCUT2D eigenvalue weighted by Gasteiger charge is 2.25. The fourth-order valence-corrected chi connectivity index (χ4v) is 2.88. The molecule has 1 atom stereocenters. The summed E-state index contributed by atoms with van der Waals surface area (Å²) in [7, 11) is 0. The predicted molar refractivity (Wildman–Crippen MR) is 89.2 cm³/mol. The van der Waals surface area contributed by atoms with Crippen LogP contribution in [-0.4, -0.2) is 21.4 Å². The number of allylic oxidation sites excluding steroid dienone is 1. The fraction of sp³-hybridized carbons (Fsp3) is 0.111. The molecule has 2 heterocycles. The first-order chi connectivity index (χ1) is 12.6. The summed E-state index contributed by atoms with van der Waals surface area (Å²) in [5.74, 6) is 0.150. The third-order valence-corrected chi connectivity index (χ3v) is 4.01. The first-order valence-corrected chi connectivity index (χ1v) is 7.80. The number of nitrogens with one attached hydrogen (secondary N) is 1. The monoisotopic (exact) mass is 358 g/mol. The Morgan fingerprint density at radius 1 is 1.08 bits per heavy atom. The van der Waals surface area contributed by atoms with E-state index in [2.05, 4.69) is 20.1 Å². The number of benzene rings is 2. The highest BCUT2D eigenvalue weighted by Crippen LogP contribution is 2.35. The molecule has 0 fully saturated rings. The van der Waals surface area contributed by atoms with E-state index in [-0.39, 0.29) is 17.6 Å². The van der Waals surface area contributed by atoms with Gasteiger partial charge in [0, 0.05) is 5.56 Å². The van der Waals surface area contributed by atoms with E-state index in [0.717, 1.165) is 5.56 Å². The molecule has 26 heavy (non-hydrogen) atoms. The first-order valence-electron chi connectivity index (χ1n) is 7.80. The van der Waals surface area contributed by atoms with E-state index >= 15 is 0 Å². The highest BCUT2D eigenvalue weighted by molar-refractivity contribution is 5.80. The smallest absolute Gasteiger partial charge is 0.387 e. The van der Waals surface area contributed by atoms with E-state index in [4.69, 9.17) is 0 Å². The van der Waals surface area contributed by atoms with E-state index in [0.29, 0.717) is 17.2 Å². The van der Waals surface area contributed by atoms with Crippen molar-refractivity contribution in [1.82, 2.24) is 14.8 Å². The van der Waals surface area contributed by atoms with E-state index in [1.54, 1.807) is 35.0 Å². The molecule has 8 heteroatoms. The molecule has 0 spiro atoms. The number of nitrogens with zero attached hydrogens (tertiary/aromatic N) is 3. The van der Waals surface area contributed by atoms with Crippen LogP contribution in [0.5, 0.6) is 5.75 Å². The summed E-state index contributed by atoms with van der Waals surface area (Å²) >= 11 is 0. The Hall–Kier alpha value is -3.29. The molecule has 0 saturated heterocycles. The number of ether oxygens (including phenoxy) is 1. The van der Waals surface area contributed by atoms with Gasteiger partial charge in [0.25, 0.3) is 0 Å². The molecule has 132 valence electrons. The Morgan fingerprint density at radius 2 is 1.85 bits per heavy atom. The molecule has 1 aromatic heterocycles. The van der Waals surface area contributed by atoms with Crippen LogP contribution in [-0.2, 0) is 0 Å². The molecule has 3 aromatic rings. The Balaban J connectivity index is 1.79. The van der Waals surface area contributed by atoms with Crippen LogP contribution in [0.4, 0.5) is 19.1 Å². The van der Waals surface area contributed by atoms with Gasteiger partial charge in [-0.1, -0.05) is 24.3 Å². The molecule has 0 bridgehead atoms. The lowest BCUT2D eigenvalue weighted by molar-refractivity contribution is -0.0500. The second-order valence-electron chi connectivity index (χ2n) is 5.60. The van der Waals surface area contributed by atoms with Crippen molar-refractivity contribution in [3.63, 3.8) is 0 Å². The molecule has 0 saturated carbocycles. The van der Waals surface area contributed by atoms with Gasteiger partial charge in [-0.25, -0.2) is 9.07 Å². The normalized spacial score (nSPS) is 16.0. The Kier molecular flexibility index (Phi) is 4.08. The number of rotatable bonds is 4. The largest absolute Gasteiger partial charge is 0.434 e. The third kappa shape index (κ3) is 3.01. The van der Waals surface area contributed by atoms with E-state index in [1.807, 2.05) is 6.08 Å². The van der Waals surface area contributed by atoms with Crippen LogP contribution in [0.2, 0.25) is 0 Å². The lowest BCUT2D eigenvalue weighted by Crippen LogP contribution is -2.20. The van der Waals surface area contributed by atoms with Gasteiger partial charge in [0.15, 0.2) is 0 Å². The quantitative estimate of drug-likeness (QED) is 0.764. The summed E-state index contributed by atoms with van der Waals surface area (Å²) in [5.41, 5.74) is 1.80. The van der Waals surface area contributed by atoms with Crippen LogP contribution in [0.1, 0.15) is 17.2 Å². The minimum absolute atomic E-state index is 0.0482. The van der Waals surface area contributed by atoms with Gasteiger partial charge in [-0.3, -0.25) is 0 Å². The zero-order valence-electron chi connectivity index (χ0n) is 13.3. The lowest BCUT2D eigenvalue weighted by Gasteiger charge is -2.25. The average molecular weight is 358 g/mol. The van der Waals surface area contributed by atoms with Crippen LogP contribution < -0.4 is 10.1 Å². The van der Waals surface area contributed by atoms with Gasteiger partial charge < -0.3 is 10.1 Å². The number of hydrogen-bond acceptors (Lipinski definition) is 4. The zero-order valence-corrected chi connectivity index (χ0v) is 13.3. The number of hydrogen-bond donors (Lipinski definition) is 1. The van der Waals surface area contributed by atoms with Crippen LogP contribution >= 0.6 is 0 Å². The van der Waals surface area contributed by atoms with Crippen molar-refractivity contribution in [2.45, 2.75) is 12.7 Å². The van der Waals surface area contributed by atoms with Crippen molar-refractivity contribution in [3.05, 3.63) is 77.9 Å². The Labute approximate surface area is 146 Å². The number of anilines is 1. The summed E-state index contributed by atoms with van der Waals surface area (Å²) in [6, 6.07) is 12.1. The minimum atomic E-state index is -2.93. The topological polar surface area (TPSA) is 52.0 Å². The molecule has 2 aromatic carbocycles. The van der Waals surface area contributed by atoms with E-state index in [1.165, 1.54) is 24.5 Å². The van der Waals surface area contributed by atoms with Gasteiger partial charge in [0.05, 0.1) is 5.70 Å². The maximum Gasteiger partial charge on any atom is 0.387 e. The van der Waals surface area contributed by atoms with Gasteiger partial charge in [-0.05, 0) is 35.9 Å². The molecular weight excluding hydrogens is 345 g/mol. The summed E-state index contributed by atoms with van der Waals surface area (Å²) in [4.78, 5) is 4.15. The minimum Gasteiger partial charge on any atom is -0.434 e. The summed E-state index contributed by atoms with van der Waals surface area (Å²) in [6.45, 7) is -2.93. The molecule has 0 radical (unpaired) electrons. The summed E-state index contributed by atoms with van der Waals surface area (Å²) in [6.07, 6.45) is 3.19. The number of fused-ring (bicyclic) bond motifs is 1. The zero-order chi connectivity index (χ0) is 18.1. The highest BCUT2D eigenvalue weighted by atomic mass is 19.3. The summed E-state index contributed by atoms with van der Waals surface area (Å²) < 4.78 is 44.9. The second kappa shape index (κ2) is 6.55. The predicted octanol–water partition coefficient (Wildman–Crippen LogP) is 4.07. The van der Waals surface area contributed by atoms with Gasteiger partial charge in [0.2, 0.25) is 5.95 Å². The van der Waals surface area contributed by atoms with E-state index in [9.17, 15) is 13.2 Å². The Morgan fingerprint density at radius 3 is 2.62 bits per heavy atom. The van der Waals surface area contributed by atoms with Gasteiger partial charge >= 0.3 is 6.61 Å². The van der Waals surface area contributed by atoms with Crippen LogP contribution in [0, 0.1) is 5.82 Å². The van der Waals surface area contributed by atoms with Crippen molar-refractivity contribution < 1.29 is 17.9 Å². The molecule has 5 nitrogen and oxygen atoms in total. The van der Waals surface area contributed by atoms with E-state index < -0.39 is 6.61 Å². The molecule has 1 unspecified atom stereocenters. The maximum absolute atomic E-state index is 13.3. The Bertz CT molecular complexity index is 953. The van der Waals surface area contributed by atoms with Crippen LogP contribution in [0.3, 0.4) is 0 Å². The SMILES string of the molecule is Fc1ccc(C2C=C(c3ccccc3OC(F)F)Nc3ncnn32)cc1. The van der Waals surface area contributed by atoms with Crippen molar-refractivity contribution >= 4 is 11.6 Å². The molecule has 0 aliphatic carbocycles. The van der Waals surface area contributed by atoms with Crippen molar-refractivity contribution in [2.24, 2.45) is 0 Å². The fourth-order valence-electron chi connectivity index (χ4n) is 2.88. The number of alkyl halides is 2. The lowest BCUT2D eigenvalue weighted by atomic mass is 10.0. The standard InChI is InChI=1S/C18H13F3N4O/c19-12-7-5-11(6-8-12)15-9-14(24-18-22-10-23-25(15)18)13-3-1-2-4-16(13)26-17(20)21/h1-10,15,17H,(H,22,23,24). The molecule has 1 aliphatic heterocycles. The molecule has 1 N–H and O–H groups in total. The van der Waals surface area contributed by atoms with Crippen molar-refractivity contribution in [2.75, 3.05) is 5.32 Å². The molecular formula is C18H13F3N4O. The van der Waals surface area contributed by atoms with Gasteiger partial charge in [0.1, 0.15) is 23.9 Å².